The first-order valence-corrected chi connectivity index (χ1v) is 10.3. The molecule has 7 heteroatoms. The molecule has 1 aromatic rings. The highest BCUT2D eigenvalue weighted by Gasteiger charge is 2.45. The van der Waals surface area contributed by atoms with Crippen LogP contribution in [0.1, 0.15) is 57.6 Å². The van der Waals surface area contributed by atoms with Crippen molar-refractivity contribution >= 4 is 12.1 Å². The molecule has 2 aliphatic heterocycles. The van der Waals surface area contributed by atoms with Crippen molar-refractivity contribution < 1.29 is 9.53 Å². The molecule has 0 aliphatic carbocycles. The highest BCUT2D eigenvalue weighted by molar-refractivity contribution is 5.80. The lowest BCUT2D eigenvalue weighted by Gasteiger charge is -2.40. The number of benzene rings is 1. The Hall–Kier alpha value is -2.75. The summed E-state index contributed by atoms with van der Waals surface area (Å²) in [5.74, 6) is 0.738. The van der Waals surface area contributed by atoms with Crippen LogP contribution in [0.4, 0.5) is 4.79 Å². The van der Waals surface area contributed by atoms with Gasteiger partial charge in [0.2, 0.25) is 0 Å². The van der Waals surface area contributed by atoms with Crippen molar-refractivity contribution in [3.05, 3.63) is 35.4 Å². The van der Waals surface area contributed by atoms with Gasteiger partial charge >= 0.3 is 6.09 Å². The number of nitriles is 1. The molecule has 2 unspecified atom stereocenters. The van der Waals surface area contributed by atoms with Gasteiger partial charge < -0.3 is 20.3 Å². The van der Waals surface area contributed by atoms with E-state index in [9.17, 15) is 4.79 Å². The van der Waals surface area contributed by atoms with Crippen LogP contribution in [-0.2, 0) is 11.3 Å². The Labute approximate surface area is 173 Å². The third-order valence-corrected chi connectivity index (χ3v) is 5.42. The van der Waals surface area contributed by atoms with Gasteiger partial charge in [0.05, 0.1) is 11.6 Å². The lowest BCUT2D eigenvalue weighted by atomic mass is 9.98. The molecule has 7 nitrogen and oxygen atoms in total. The van der Waals surface area contributed by atoms with E-state index < -0.39 is 5.60 Å². The number of nitrogens with zero attached hydrogens (tertiary/aromatic N) is 3. The number of ether oxygens (including phenoxy) is 1. The number of piperidine rings is 1. The summed E-state index contributed by atoms with van der Waals surface area (Å²) in [6, 6.07) is 10.4. The molecular formula is C22H31N5O2. The molecule has 0 saturated carbocycles. The van der Waals surface area contributed by atoms with Crippen LogP contribution < -0.4 is 10.6 Å². The number of nitrogens with one attached hydrogen (secondary N) is 2. The Kier molecular flexibility index (Phi) is 6.31. The largest absolute Gasteiger partial charge is 0.444 e. The fourth-order valence-electron chi connectivity index (χ4n) is 4.23. The maximum Gasteiger partial charge on any atom is 0.410 e. The predicted molar refractivity (Wildman–Crippen MR) is 112 cm³/mol. The SMILES string of the molecule is CN=C(NCc1cccc(C#N)c1)NC1CC2CCC(C1)N2C(=O)OC(C)(C)C. The fraction of sp³-hybridized carbons (Fsp3) is 0.591. The molecule has 2 N–H and O–H groups in total. The van der Waals surface area contributed by atoms with Crippen LogP contribution in [-0.4, -0.2) is 47.7 Å². The Morgan fingerprint density at radius 2 is 2.00 bits per heavy atom. The minimum absolute atomic E-state index is 0.191. The Bertz CT molecular complexity index is 794. The number of guanidine groups is 1. The minimum atomic E-state index is -0.472. The number of hydrogen-bond acceptors (Lipinski definition) is 4. The first-order chi connectivity index (χ1) is 13.8. The van der Waals surface area contributed by atoms with Crippen LogP contribution >= 0.6 is 0 Å². The standard InChI is InChI=1S/C22H31N5O2/c1-22(2,3)29-21(28)27-18-8-9-19(27)12-17(11-18)26-20(24-4)25-14-16-7-5-6-15(10-16)13-23/h5-7,10,17-19H,8-9,11-12,14H2,1-4H3,(H2,24,25,26). The number of fused-ring (bicyclic) bond motifs is 2. The van der Waals surface area contributed by atoms with Crippen molar-refractivity contribution in [3.8, 4) is 6.07 Å². The summed E-state index contributed by atoms with van der Waals surface area (Å²) >= 11 is 0. The normalized spacial score (nSPS) is 24.0. The highest BCUT2D eigenvalue weighted by Crippen LogP contribution is 2.36. The Balaban J connectivity index is 1.55. The summed E-state index contributed by atoms with van der Waals surface area (Å²) in [5.41, 5.74) is 1.21. The second kappa shape index (κ2) is 8.73. The van der Waals surface area contributed by atoms with Gasteiger partial charge in [-0.25, -0.2) is 4.79 Å². The number of hydrogen-bond donors (Lipinski definition) is 2. The first kappa shape index (κ1) is 21.0. The highest BCUT2D eigenvalue weighted by atomic mass is 16.6. The molecule has 1 aromatic carbocycles. The second-order valence-electron chi connectivity index (χ2n) is 8.82. The molecule has 2 saturated heterocycles. The van der Waals surface area contributed by atoms with Gasteiger partial charge in [0.1, 0.15) is 5.60 Å². The van der Waals surface area contributed by atoms with Crippen molar-refractivity contribution in [2.45, 2.75) is 76.7 Å². The minimum Gasteiger partial charge on any atom is -0.444 e. The number of rotatable bonds is 3. The smallest absolute Gasteiger partial charge is 0.410 e. The van der Waals surface area contributed by atoms with Crippen LogP contribution in [0, 0.1) is 11.3 Å². The quantitative estimate of drug-likeness (QED) is 0.604. The number of carbonyl (C=O) groups is 1. The van der Waals surface area contributed by atoms with E-state index in [0.717, 1.165) is 37.2 Å². The lowest BCUT2D eigenvalue weighted by Crippen LogP contribution is -2.54. The van der Waals surface area contributed by atoms with Gasteiger partial charge in [-0.3, -0.25) is 4.99 Å². The lowest BCUT2D eigenvalue weighted by molar-refractivity contribution is 0.00545. The van der Waals surface area contributed by atoms with Gasteiger partial charge in [0, 0.05) is 31.7 Å². The van der Waals surface area contributed by atoms with Gasteiger partial charge in [-0.05, 0) is 64.2 Å². The van der Waals surface area contributed by atoms with E-state index in [1.54, 1.807) is 13.1 Å². The molecule has 2 aliphatic rings. The van der Waals surface area contributed by atoms with Crippen molar-refractivity contribution in [1.82, 2.24) is 15.5 Å². The van der Waals surface area contributed by atoms with Gasteiger partial charge in [-0.15, -0.1) is 0 Å². The molecule has 2 atom stereocenters. The van der Waals surface area contributed by atoms with E-state index in [4.69, 9.17) is 10.00 Å². The molecule has 0 spiro atoms. The molecule has 0 radical (unpaired) electrons. The van der Waals surface area contributed by atoms with E-state index in [-0.39, 0.29) is 24.2 Å². The molecule has 29 heavy (non-hydrogen) atoms. The average Bonchev–Trinajstić information content (AvgIpc) is 2.95. The Morgan fingerprint density at radius 3 is 2.59 bits per heavy atom. The van der Waals surface area contributed by atoms with Crippen molar-refractivity contribution in [2.75, 3.05) is 7.05 Å². The summed E-state index contributed by atoms with van der Waals surface area (Å²) in [6.45, 7) is 6.31. The van der Waals surface area contributed by atoms with Gasteiger partial charge in [0.15, 0.2) is 5.96 Å². The summed E-state index contributed by atoms with van der Waals surface area (Å²) < 4.78 is 5.61. The molecular weight excluding hydrogens is 366 g/mol. The zero-order chi connectivity index (χ0) is 21.0. The fourth-order valence-corrected chi connectivity index (χ4v) is 4.23. The summed E-state index contributed by atoms with van der Waals surface area (Å²) in [6.07, 6.45) is 3.63. The average molecular weight is 398 g/mol. The van der Waals surface area contributed by atoms with Gasteiger partial charge in [0.25, 0.3) is 0 Å². The van der Waals surface area contributed by atoms with E-state index in [2.05, 4.69) is 21.7 Å². The van der Waals surface area contributed by atoms with E-state index in [1.807, 2.05) is 43.9 Å². The maximum absolute atomic E-state index is 12.6. The van der Waals surface area contributed by atoms with Crippen molar-refractivity contribution in [1.29, 1.82) is 5.26 Å². The number of amides is 1. The first-order valence-electron chi connectivity index (χ1n) is 10.3. The van der Waals surface area contributed by atoms with Crippen LogP contribution in [0.15, 0.2) is 29.3 Å². The van der Waals surface area contributed by atoms with E-state index >= 15 is 0 Å². The van der Waals surface area contributed by atoms with Crippen molar-refractivity contribution in [3.63, 3.8) is 0 Å². The zero-order valence-corrected chi connectivity index (χ0v) is 17.7. The van der Waals surface area contributed by atoms with Crippen molar-refractivity contribution in [2.24, 2.45) is 4.99 Å². The topological polar surface area (TPSA) is 89.8 Å². The molecule has 3 rings (SSSR count). The van der Waals surface area contributed by atoms with Crippen LogP contribution in [0.2, 0.25) is 0 Å². The summed E-state index contributed by atoms with van der Waals surface area (Å²) in [7, 11) is 1.76. The second-order valence-corrected chi connectivity index (χ2v) is 8.82. The molecule has 2 heterocycles. The third-order valence-electron chi connectivity index (χ3n) is 5.42. The third kappa shape index (κ3) is 5.41. The maximum atomic E-state index is 12.6. The van der Waals surface area contributed by atoms with Crippen LogP contribution in [0.3, 0.4) is 0 Å². The summed E-state index contributed by atoms with van der Waals surface area (Å²) in [5, 5.41) is 15.9. The molecule has 2 bridgehead atoms. The summed E-state index contributed by atoms with van der Waals surface area (Å²) in [4.78, 5) is 18.9. The van der Waals surface area contributed by atoms with Gasteiger partial charge in [-0.1, -0.05) is 12.1 Å². The van der Waals surface area contributed by atoms with Crippen LogP contribution in [0.25, 0.3) is 0 Å². The molecule has 1 amide bonds. The molecule has 2 fully saturated rings. The number of carbonyl (C=O) groups excluding carboxylic acids is 1. The molecule has 0 aromatic heterocycles. The van der Waals surface area contributed by atoms with Gasteiger partial charge in [-0.2, -0.15) is 5.26 Å². The predicted octanol–water partition coefficient (Wildman–Crippen LogP) is 3.15. The molecule has 156 valence electrons. The van der Waals surface area contributed by atoms with E-state index in [1.165, 1.54) is 0 Å². The van der Waals surface area contributed by atoms with E-state index in [0.29, 0.717) is 12.1 Å². The monoisotopic (exact) mass is 397 g/mol. The zero-order valence-electron chi connectivity index (χ0n) is 17.7. The number of aliphatic imine (C=N–C) groups is 1. The Morgan fingerprint density at radius 1 is 1.31 bits per heavy atom. The van der Waals surface area contributed by atoms with Crippen LogP contribution in [0.5, 0.6) is 0 Å².